The molecule has 0 spiro atoms. The van der Waals surface area contributed by atoms with Gasteiger partial charge in [0.1, 0.15) is 5.76 Å². The standard InChI is InChI=1S/C21H29N3O4.HI/c1-3-26-20-14-16(8-9-19(20)25-2)24-21(23-15-18-7-5-13-28-18)22-11-10-17-6-4-12-27-17;/h4,6,8-9,12,14,18H,3,5,7,10-11,13,15H2,1-2H3,(H2,22,23,24);1H. The van der Waals surface area contributed by atoms with Crippen molar-refractivity contribution in [2.24, 2.45) is 4.99 Å². The molecule has 2 aromatic rings. The molecule has 0 bridgehead atoms. The Labute approximate surface area is 189 Å². The van der Waals surface area contributed by atoms with Crippen molar-refractivity contribution in [3.05, 3.63) is 42.4 Å². The molecule has 1 aliphatic heterocycles. The Morgan fingerprint density at radius 1 is 1.28 bits per heavy atom. The lowest BCUT2D eigenvalue weighted by atomic mass is 10.2. The second-order valence-corrected chi connectivity index (χ2v) is 6.50. The summed E-state index contributed by atoms with van der Waals surface area (Å²) in [6.07, 6.45) is 4.82. The maximum Gasteiger partial charge on any atom is 0.195 e. The van der Waals surface area contributed by atoms with Crippen molar-refractivity contribution in [3.8, 4) is 11.5 Å². The molecule has 1 fully saturated rings. The van der Waals surface area contributed by atoms with E-state index in [0.717, 1.165) is 37.3 Å². The van der Waals surface area contributed by atoms with Crippen LogP contribution in [-0.4, -0.2) is 45.5 Å². The Balaban J connectivity index is 0.00000300. The van der Waals surface area contributed by atoms with Crippen LogP contribution >= 0.6 is 24.0 Å². The molecule has 29 heavy (non-hydrogen) atoms. The number of hydrogen-bond acceptors (Lipinski definition) is 5. The van der Waals surface area contributed by atoms with E-state index in [4.69, 9.17) is 23.6 Å². The molecule has 1 atom stereocenters. The van der Waals surface area contributed by atoms with Crippen LogP contribution in [0.1, 0.15) is 25.5 Å². The summed E-state index contributed by atoms with van der Waals surface area (Å²) in [7, 11) is 1.63. The zero-order chi connectivity index (χ0) is 19.6. The summed E-state index contributed by atoms with van der Waals surface area (Å²) < 4.78 is 22.1. The number of benzene rings is 1. The number of hydrogen-bond donors (Lipinski definition) is 2. The van der Waals surface area contributed by atoms with Crippen molar-refractivity contribution in [3.63, 3.8) is 0 Å². The minimum atomic E-state index is 0. The minimum Gasteiger partial charge on any atom is -0.493 e. The van der Waals surface area contributed by atoms with Crippen LogP contribution in [0, 0.1) is 0 Å². The van der Waals surface area contributed by atoms with E-state index < -0.39 is 0 Å². The van der Waals surface area contributed by atoms with Gasteiger partial charge in [-0.05, 0) is 44.0 Å². The molecular formula is C21H30IN3O4. The molecule has 3 rings (SSSR count). The number of methoxy groups -OCH3 is 1. The number of rotatable bonds is 9. The van der Waals surface area contributed by atoms with Gasteiger partial charge in [0, 0.05) is 31.3 Å². The van der Waals surface area contributed by atoms with Crippen LogP contribution in [0.5, 0.6) is 11.5 Å². The van der Waals surface area contributed by atoms with Gasteiger partial charge in [0.25, 0.3) is 0 Å². The maximum absolute atomic E-state index is 5.68. The van der Waals surface area contributed by atoms with Crippen molar-refractivity contribution in [2.45, 2.75) is 32.3 Å². The Bertz CT molecular complexity index is 746. The van der Waals surface area contributed by atoms with Gasteiger partial charge >= 0.3 is 0 Å². The summed E-state index contributed by atoms with van der Waals surface area (Å²) in [6.45, 7) is 4.68. The monoisotopic (exact) mass is 515 g/mol. The normalized spacial score (nSPS) is 16.2. The Kier molecular flexibility index (Phi) is 10.1. The second-order valence-electron chi connectivity index (χ2n) is 6.50. The smallest absolute Gasteiger partial charge is 0.195 e. The molecule has 2 heterocycles. The van der Waals surface area contributed by atoms with E-state index in [1.165, 1.54) is 0 Å². The van der Waals surface area contributed by atoms with Crippen LogP contribution in [0.4, 0.5) is 5.69 Å². The van der Waals surface area contributed by atoms with Crippen LogP contribution in [-0.2, 0) is 11.2 Å². The Morgan fingerprint density at radius 2 is 2.17 bits per heavy atom. The van der Waals surface area contributed by atoms with Gasteiger partial charge in [-0.25, -0.2) is 0 Å². The van der Waals surface area contributed by atoms with Crippen molar-refractivity contribution < 1.29 is 18.6 Å². The number of aliphatic imine (C=N–C) groups is 1. The van der Waals surface area contributed by atoms with E-state index in [2.05, 4.69) is 10.6 Å². The van der Waals surface area contributed by atoms with E-state index in [1.54, 1.807) is 13.4 Å². The average molecular weight is 515 g/mol. The van der Waals surface area contributed by atoms with Gasteiger partial charge < -0.3 is 29.3 Å². The zero-order valence-corrected chi connectivity index (χ0v) is 19.3. The number of nitrogens with zero attached hydrogens (tertiary/aromatic N) is 1. The maximum atomic E-state index is 5.68. The molecule has 1 aromatic carbocycles. The van der Waals surface area contributed by atoms with E-state index in [9.17, 15) is 0 Å². The van der Waals surface area contributed by atoms with Crippen LogP contribution in [0.15, 0.2) is 46.0 Å². The fraction of sp³-hybridized carbons (Fsp3) is 0.476. The lowest BCUT2D eigenvalue weighted by Gasteiger charge is -2.16. The molecule has 0 saturated carbocycles. The molecule has 1 unspecified atom stereocenters. The first-order valence-corrected chi connectivity index (χ1v) is 9.78. The summed E-state index contributed by atoms with van der Waals surface area (Å²) in [5, 5.41) is 6.71. The number of furan rings is 1. The fourth-order valence-electron chi connectivity index (χ4n) is 3.04. The van der Waals surface area contributed by atoms with Gasteiger partial charge in [0.2, 0.25) is 0 Å². The first kappa shape index (κ1) is 23.3. The van der Waals surface area contributed by atoms with Gasteiger partial charge in [0.15, 0.2) is 17.5 Å². The molecule has 1 aromatic heterocycles. The highest BCUT2D eigenvalue weighted by atomic mass is 127. The quantitative estimate of drug-likeness (QED) is 0.298. The molecule has 0 radical (unpaired) electrons. The van der Waals surface area contributed by atoms with Gasteiger partial charge in [-0.15, -0.1) is 24.0 Å². The minimum absolute atomic E-state index is 0. The van der Waals surface area contributed by atoms with Crippen molar-refractivity contribution >= 4 is 35.6 Å². The van der Waals surface area contributed by atoms with Crippen LogP contribution in [0.3, 0.4) is 0 Å². The third kappa shape index (κ3) is 7.43. The molecule has 7 nitrogen and oxygen atoms in total. The first-order chi connectivity index (χ1) is 13.8. The van der Waals surface area contributed by atoms with Crippen LogP contribution in [0.25, 0.3) is 0 Å². The number of anilines is 1. The SMILES string of the molecule is CCOc1cc(NC(=NCC2CCCO2)NCCc2ccco2)ccc1OC.I. The third-order valence-corrected chi connectivity index (χ3v) is 4.45. The molecule has 2 N–H and O–H groups in total. The van der Waals surface area contributed by atoms with Crippen molar-refractivity contribution in [1.29, 1.82) is 0 Å². The summed E-state index contributed by atoms with van der Waals surface area (Å²) in [6, 6.07) is 9.60. The third-order valence-electron chi connectivity index (χ3n) is 4.45. The first-order valence-electron chi connectivity index (χ1n) is 9.78. The molecule has 8 heteroatoms. The summed E-state index contributed by atoms with van der Waals surface area (Å²) >= 11 is 0. The van der Waals surface area contributed by atoms with Gasteiger partial charge in [-0.3, -0.25) is 4.99 Å². The Hall–Kier alpha value is -1.94. The topological polar surface area (TPSA) is 77.2 Å². The Morgan fingerprint density at radius 3 is 2.86 bits per heavy atom. The second kappa shape index (κ2) is 12.6. The molecule has 0 aliphatic carbocycles. The lowest BCUT2D eigenvalue weighted by Crippen LogP contribution is -2.33. The molecule has 1 saturated heterocycles. The van der Waals surface area contributed by atoms with Crippen LogP contribution in [0.2, 0.25) is 0 Å². The van der Waals surface area contributed by atoms with Gasteiger partial charge in [-0.1, -0.05) is 0 Å². The van der Waals surface area contributed by atoms with Gasteiger partial charge in [-0.2, -0.15) is 0 Å². The van der Waals surface area contributed by atoms with E-state index in [0.29, 0.717) is 37.2 Å². The van der Waals surface area contributed by atoms with E-state index >= 15 is 0 Å². The summed E-state index contributed by atoms with van der Waals surface area (Å²) in [5.41, 5.74) is 0.876. The highest BCUT2D eigenvalue weighted by Gasteiger charge is 2.15. The largest absolute Gasteiger partial charge is 0.493 e. The average Bonchev–Trinajstić information content (AvgIpc) is 3.41. The predicted molar refractivity (Wildman–Crippen MR) is 125 cm³/mol. The zero-order valence-electron chi connectivity index (χ0n) is 17.0. The molecule has 1 aliphatic rings. The number of guanidine groups is 1. The molecular weight excluding hydrogens is 485 g/mol. The molecule has 0 amide bonds. The number of halogens is 1. The predicted octanol–water partition coefficient (Wildman–Crippen LogP) is 4.08. The number of ether oxygens (including phenoxy) is 3. The molecule has 160 valence electrons. The summed E-state index contributed by atoms with van der Waals surface area (Å²) in [5.74, 6) is 3.05. The highest BCUT2D eigenvalue weighted by Crippen LogP contribution is 2.30. The van der Waals surface area contributed by atoms with Crippen LogP contribution < -0.4 is 20.1 Å². The highest BCUT2D eigenvalue weighted by molar-refractivity contribution is 14.0. The lowest BCUT2D eigenvalue weighted by molar-refractivity contribution is 0.118. The van der Waals surface area contributed by atoms with Gasteiger partial charge in [0.05, 0.1) is 32.6 Å². The van der Waals surface area contributed by atoms with Crippen molar-refractivity contribution in [2.75, 3.05) is 38.7 Å². The van der Waals surface area contributed by atoms with Crippen molar-refractivity contribution in [1.82, 2.24) is 5.32 Å². The van der Waals surface area contributed by atoms with E-state index in [1.807, 2.05) is 37.3 Å². The summed E-state index contributed by atoms with van der Waals surface area (Å²) in [4.78, 5) is 4.70. The fourth-order valence-corrected chi connectivity index (χ4v) is 3.04. The number of nitrogens with one attached hydrogen (secondary N) is 2. The van der Waals surface area contributed by atoms with E-state index in [-0.39, 0.29) is 30.1 Å².